The lowest BCUT2D eigenvalue weighted by Gasteiger charge is -2.15. The summed E-state index contributed by atoms with van der Waals surface area (Å²) >= 11 is 5.89. The highest BCUT2D eigenvalue weighted by atomic mass is 35.5. The molecule has 1 N–H and O–H groups in total. The van der Waals surface area contributed by atoms with E-state index < -0.39 is 6.10 Å². The van der Waals surface area contributed by atoms with Crippen molar-refractivity contribution in [3.05, 3.63) is 58.4 Å². The van der Waals surface area contributed by atoms with Crippen molar-refractivity contribution in [1.29, 1.82) is 0 Å². The van der Waals surface area contributed by atoms with E-state index in [0.29, 0.717) is 5.02 Å². The average molecular weight is 236 g/mol. The van der Waals surface area contributed by atoms with Crippen molar-refractivity contribution in [3.63, 3.8) is 0 Å². The molecule has 0 fully saturated rings. The van der Waals surface area contributed by atoms with Crippen molar-refractivity contribution in [1.82, 2.24) is 4.57 Å². The molecule has 0 bridgehead atoms. The summed E-state index contributed by atoms with van der Waals surface area (Å²) in [6, 6.07) is 9.37. The van der Waals surface area contributed by atoms with Gasteiger partial charge in [0.25, 0.3) is 0 Å². The van der Waals surface area contributed by atoms with Crippen LogP contribution in [0.4, 0.5) is 0 Å². The second kappa shape index (κ2) is 4.32. The van der Waals surface area contributed by atoms with Crippen molar-refractivity contribution in [2.75, 3.05) is 0 Å². The number of hydrogen-bond acceptors (Lipinski definition) is 1. The standard InChI is InChI=1S/C13H14ClNO/c1-9-8-10(14)5-6-11(9)13(16)12-4-3-7-15(12)2/h3-8,13,16H,1-2H3/t13-/m0/s1. The fourth-order valence-corrected chi connectivity index (χ4v) is 2.09. The van der Waals surface area contributed by atoms with E-state index in [4.69, 9.17) is 11.6 Å². The number of nitrogens with zero attached hydrogens (tertiary/aromatic N) is 1. The van der Waals surface area contributed by atoms with E-state index in [2.05, 4.69) is 0 Å². The van der Waals surface area contributed by atoms with Gasteiger partial charge in [-0.05, 0) is 42.3 Å². The molecule has 2 nitrogen and oxygen atoms in total. The maximum absolute atomic E-state index is 10.3. The second-order valence-corrected chi connectivity index (χ2v) is 4.38. The van der Waals surface area contributed by atoms with Crippen molar-refractivity contribution < 1.29 is 5.11 Å². The topological polar surface area (TPSA) is 25.2 Å². The zero-order valence-electron chi connectivity index (χ0n) is 9.31. The first kappa shape index (κ1) is 11.2. The molecule has 16 heavy (non-hydrogen) atoms. The van der Waals surface area contributed by atoms with Crippen molar-refractivity contribution in [3.8, 4) is 0 Å². The number of halogens is 1. The van der Waals surface area contributed by atoms with Crippen molar-refractivity contribution in [2.45, 2.75) is 13.0 Å². The van der Waals surface area contributed by atoms with E-state index in [9.17, 15) is 5.11 Å². The summed E-state index contributed by atoms with van der Waals surface area (Å²) in [7, 11) is 1.92. The SMILES string of the molecule is Cc1cc(Cl)ccc1[C@H](O)c1cccn1C. The van der Waals surface area contributed by atoms with E-state index in [0.717, 1.165) is 16.8 Å². The second-order valence-electron chi connectivity index (χ2n) is 3.95. The lowest BCUT2D eigenvalue weighted by Crippen LogP contribution is -2.06. The van der Waals surface area contributed by atoms with Gasteiger partial charge in [0.1, 0.15) is 6.10 Å². The minimum absolute atomic E-state index is 0.600. The van der Waals surface area contributed by atoms with Crippen LogP contribution in [-0.2, 0) is 7.05 Å². The fraction of sp³-hybridized carbons (Fsp3) is 0.231. The lowest BCUT2D eigenvalue weighted by molar-refractivity contribution is 0.211. The van der Waals surface area contributed by atoms with E-state index in [1.807, 2.05) is 49.0 Å². The van der Waals surface area contributed by atoms with Gasteiger partial charge in [-0.3, -0.25) is 0 Å². The van der Waals surface area contributed by atoms with Crippen LogP contribution in [0, 0.1) is 6.92 Å². The minimum atomic E-state index is -0.600. The van der Waals surface area contributed by atoms with Crippen LogP contribution in [0.1, 0.15) is 22.9 Å². The number of aryl methyl sites for hydroxylation is 2. The van der Waals surface area contributed by atoms with Crippen LogP contribution in [0.3, 0.4) is 0 Å². The van der Waals surface area contributed by atoms with Crippen LogP contribution >= 0.6 is 11.6 Å². The largest absolute Gasteiger partial charge is 0.382 e. The number of aliphatic hydroxyl groups is 1. The van der Waals surface area contributed by atoms with Gasteiger partial charge < -0.3 is 9.67 Å². The first-order valence-electron chi connectivity index (χ1n) is 5.15. The zero-order chi connectivity index (χ0) is 11.7. The quantitative estimate of drug-likeness (QED) is 0.850. The summed E-state index contributed by atoms with van der Waals surface area (Å²) in [6.07, 6.45) is 1.32. The normalized spacial score (nSPS) is 12.8. The summed E-state index contributed by atoms with van der Waals surface area (Å²) in [6.45, 7) is 1.95. The Labute approximate surface area is 100 Å². The molecule has 1 aromatic heterocycles. The third-order valence-electron chi connectivity index (χ3n) is 2.79. The van der Waals surface area contributed by atoms with E-state index >= 15 is 0 Å². The number of hydrogen-bond donors (Lipinski definition) is 1. The van der Waals surface area contributed by atoms with Crippen molar-refractivity contribution >= 4 is 11.6 Å². The van der Waals surface area contributed by atoms with Crippen LogP contribution in [0.2, 0.25) is 5.02 Å². The van der Waals surface area contributed by atoms with Crippen LogP contribution in [-0.4, -0.2) is 9.67 Å². The molecule has 2 aromatic rings. The molecule has 0 saturated heterocycles. The highest BCUT2D eigenvalue weighted by molar-refractivity contribution is 6.30. The van der Waals surface area contributed by atoms with Gasteiger partial charge in [-0.25, -0.2) is 0 Å². The highest BCUT2D eigenvalue weighted by Gasteiger charge is 2.15. The highest BCUT2D eigenvalue weighted by Crippen LogP contribution is 2.26. The maximum atomic E-state index is 10.3. The Morgan fingerprint density at radius 1 is 1.31 bits per heavy atom. The maximum Gasteiger partial charge on any atom is 0.119 e. The fourth-order valence-electron chi connectivity index (χ4n) is 1.86. The Balaban J connectivity index is 2.41. The van der Waals surface area contributed by atoms with Crippen LogP contribution in [0.15, 0.2) is 36.5 Å². The van der Waals surface area contributed by atoms with Gasteiger partial charge in [0, 0.05) is 18.3 Å². The smallest absolute Gasteiger partial charge is 0.119 e. The van der Waals surface area contributed by atoms with Gasteiger partial charge in [-0.1, -0.05) is 17.7 Å². The Morgan fingerprint density at radius 3 is 2.62 bits per heavy atom. The van der Waals surface area contributed by atoms with Crippen LogP contribution in [0.5, 0.6) is 0 Å². The molecule has 0 aliphatic heterocycles. The Morgan fingerprint density at radius 2 is 2.06 bits per heavy atom. The predicted octanol–water partition coefficient (Wildman–Crippen LogP) is 3.07. The number of aliphatic hydroxyl groups excluding tert-OH is 1. The van der Waals surface area contributed by atoms with Crippen LogP contribution in [0.25, 0.3) is 0 Å². The summed E-state index contributed by atoms with van der Waals surface area (Å²) in [5.41, 5.74) is 2.78. The number of benzene rings is 1. The summed E-state index contributed by atoms with van der Waals surface area (Å²) < 4.78 is 1.92. The van der Waals surface area contributed by atoms with Crippen molar-refractivity contribution in [2.24, 2.45) is 7.05 Å². The molecular weight excluding hydrogens is 222 g/mol. The molecule has 0 unspecified atom stereocenters. The van der Waals surface area contributed by atoms with E-state index in [-0.39, 0.29) is 0 Å². The molecule has 84 valence electrons. The molecule has 1 atom stereocenters. The molecule has 3 heteroatoms. The molecule has 0 amide bonds. The van der Waals surface area contributed by atoms with Gasteiger partial charge in [-0.15, -0.1) is 0 Å². The molecule has 0 aliphatic rings. The van der Waals surface area contributed by atoms with E-state index in [1.54, 1.807) is 6.07 Å². The summed E-state index contributed by atoms with van der Waals surface area (Å²) in [5, 5.41) is 11.0. The number of rotatable bonds is 2. The van der Waals surface area contributed by atoms with Gasteiger partial charge in [0.2, 0.25) is 0 Å². The molecular formula is C13H14ClNO. The van der Waals surface area contributed by atoms with Gasteiger partial charge in [-0.2, -0.15) is 0 Å². The Hall–Kier alpha value is -1.25. The Bertz CT molecular complexity index is 504. The monoisotopic (exact) mass is 235 g/mol. The van der Waals surface area contributed by atoms with Gasteiger partial charge in [0.05, 0.1) is 5.69 Å². The molecule has 1 aromatic carbocycles. The third kappa shape index (κ3) is 1.99. The molecule has 0 spiro atoms. The molecule has 1 heterocycles. The molecule has 2 rings (SSSR count). The van der Waals surface area contributed by atoms with Gasteiger partial charge in [0.15, 0.2) is 0 Å². The van der Waals surface area contributed by atoms with Crippen LogP contribution < -0.4 is 0 Å². The molecule has 0 aliphatic carbocycles. The number of aromatic nitrogens is 1. The minimum Gasteiger partial charge on any atom is -0.382 e. The first-order chi connectivity index (χ1) is 7.59. The lowest BCUT2D eigenvalue weighted by atomic mass is 10.0. The Kier molecular flexibility index (Phi) is 3.03. The van der Waals surface area contributed by atoms with Gasteiger partial charge >= 0.3 is 0 Å². The summed E-state index contributed by atoms with van der Waals surface area (Å²) in [4.78, 5) is 0. The summed E-state index contributed by atoms with van der Waals surface area (Å²) in [5.74, 6) is 0. The molecule has 0 saturated carbocycles. The van der Waals surface area contributed by atoms with E-state index in [1.165, 1.54) is 0 Å². The third-order valence-corrected chi connectivity index (χ3v) is 3.03. The zero-order valence-corrected chi connectivity index (χ0v) is 10.1. The average Bonchev–Trinajstić information content (AvgIpc) is 2.63. The first-order valence-corrected chi connectivity index (χ1v) is 5.52. The predicted molar refractivity (Wildman–Crippen MR) is 65.7 cm³/mol. The molecule has 0 radical (unpaired) electrons.